The van der Waals surface area contributed by atoms with Crippen LogP contribution in [0.15, 0.2) is 18.3 Å². The smallest absolute Gasteiger partial charge is 0.0955 e. The van der Waals surface area contributed by atoms with Crippen LogP contribution in [0.3, 0.4) is 0 Å². The van der Waals surface area contributed by atoms with E-state index in [0.29, 0.717) is 5.92 Å². The predicted molar refractivity (Wildman–Crippen MR) is 73.6 cm³/mol. The van der Waals surface area contributed by atoms with E-state index in [9.17, 15) is 0 Å². The van der Waals surface area contributed by atoms with Gasteiger partial charge in [0.2, 0.25) is 0 Å². The highest BCUT2D eigenvalue weighted by atomic mass is 15.3. The van der Waals surface area contributed by atoms with Crippen LogP contribution in [0.1, 0.15) is 51.7 Å². The number of benzene rings is 1. The van der Waals surface area contributed by atoms with Crippen LogP contribution in [-0.4, -0.2) is 9.78 Å². The molecular weight excluding hydrogens is 208 g/mol. The Morgan fingerprint density at radius 3 is 2.35 bits per heavy atom. The van der Waals surface area contributed by atoms with E-state index in [1.54, 1.807) is 0 Å². The van der Waals surface area contributed by atoms with Gasteiger partial charge < -0.3 is 0 Å². The summed E-state index contributed by atoms with van der Waals surface area (Å²) in [6, 6.07) is 4.42. The van der Waals surface area contributed by atoms with Crippen molar-refractivity contribution in [2.45, 2.75) is 53.0 Å². The standard InChI is InChI=1S/C15H22N2/c1-10(2)13-8-7-12-9-17(15(4,5)6)16-14(12)11(13)3/h7-10H,1-6H3. The van der Waals surface area contributed by atoms with Crippen LogP contribution in [-0.2, 0) is 5.54 Å². The maximum absolute atomic E-state index is 4.74. The first-order valence-corrected chi connectivity index (χ1v) is 6.30. The summed E-state index contributed by atoms with van der Waals surface area (Å²) in [4.78, 5) is 0. The number of hydrogen-bond donors (Lipinski definition) is 0. The van der Waals surface area contributed by atoms with Crippen LogP contribution < -0.4 is 0 Å². The summed E-state index contributed by atoms with van der Waals surface area (Å²) in [5.41, 5.74) is 3.91. The summed E-state index contributed by atoms with van der Waals surface area (Å²) in [6.07, 6.45) is 2.15. The van der Waals surface area contributed by atoms with Gasteiger partial charge in [0.25, 0.3) is 0 Å². The Labute approximate surface area is 104 Å². The molecule has 0 aliphatic carbocycles. The van der Waals surface area contributed by atoms with Crippen LogP contribution in [0.4, 0.5) is 0 Å². The SMILES string of the molecule is Cc1c(C(C)C)ccc2cn(C(C)(C)C)nc12. The van der Waals surface area contributed by atoms with Gasteiger partial charge in [0.1, 0.15) is 0 Å². The van der Waals surface area contributed by atoms with Crippen molar-refractivity contribution in [1.82, 2.24) is 9.78 Å². The molecule has 1 aromatic heterocycles. The van der Waals surface area contributed by atoms with E-state index >= 15 is 0 Å². The Morgan fingerprint density at radius 1 is 1.18 bits per heavy atom. The highest BCUT2D eigenvalue weighted by Crippen LogP contribution is 2.27. The second kappa shape index (κ2) is 3.86. The molecule has 0 saturated heterocycles. The van der Waals surface area contributed by atoms with Crippen molar-refractivity contribution in [3.8, 4) is 0 Å². The minimum absolute atomic E-state index is 0.0451. The van der Waals surface area contributed by atoms with Gasteiger partial charge in [-0.15, -0.1) is 0 Å². The molecule has 0 amide bonds. The lowest BCUT2D eigenvalue weighted by molar-refractivity contribution is 0.358. The molecule has 0 spiro atoms. The lowest BCUT2D eigenvalue weighted by atomic mass is 9.96. The lowest BCUT2D eigenvalue weighted by Gasteiger charge is -2.18. The number of aryl methyl sites for hydroxylation is 1. The molecule has 0 atom stereocenters. The monoisotopic (exact) mass is 230 g/mol. The molecule has 0 radical (unpaired) electrons. The summed E-state index contributed by atoms with van der Waals surface area (Å²) in [7, 11) is 0. The molecule has 92 valence electrons. The molecule has 0 fully saturated rings. The Balaban J connectivity index is 2.66. The Hall–Kier alpha value is -1.31. The van der Waals surface area contributed by atoms with Crippen LogP contribution in [0.25, 0.3) is 10.9 Å². The third kappa shape index (κ3) is 2.08. The quantitative estimate of drug-likeness (QED) is 0.717. The zero-order valence-electron chi connectivity index (χ0n) is 11.7. The van der Waals surface area contributed by atoms with Gasteiger partial charge in [-0.25, -0.2) is 0 Å². The average Bonchev–Trinajstić information content (AvgIpc) is 2.61. The molecule has 0 aliphatic heterocycles. The summed E-state index contributed by atoms with van der Waals surface area (Å²) in [5, 5.41) is 5.98. The number of rotatable bonds is 1. The van der Waals surface area contributed by atoms with E-state index < -0.39 is 0 Å². The fourth-order valence-electron chi connectivity index (χ4n) is 2.21. The maximum Gasteiger partial charge on any atom is 0.0955 e. The second-order valence-corrected chi connectivity index (χ2v) is 6.12. The number of fused-ring (bicyclic) bond motifs is 1. The average molecular weight is 230 g/mol. The van der Waals surface area contributed by atoms with E-state index in [1.807, 2.05) is 0 Å². The largest absolute Gasteiger partial charge is 0.266 e. The van der Waals surface area contributed by atoms with Crippen molar-refractivity contribution in [3.05, 3.63) is 29.5 Å². The number of aromatic nitrogens is 2. The maximum atomic E-state index is 4.74. The lowest BCUT2D eigenvalue weighted by Crippen LogP contribution is -2.21. The zero-order chi connectivity index (χ0) is 12.8. The normalized spacial score (nSPS) is 12.6. The first-order chi connectivity index (χ1) is 7.80. The van der Waals surface area contributed by atoms with Crippen LogP contribution in [0.5, 0.6) is 0 Å². The molecule has 0 aliphatic rings. The molecule has 0 unspecified atom stereocenters. The van der Waals surface area contributed by atoms with Gasteiger partial charge in [-0.3, -0.25) is 4.68 Å². The van der Waals surface area contributed by atoms with Crippen LogP contribution >= 0.6 is 0 Å². The molecule has 2 aromatic rings. The number of hydrogen-bond acceptors (Lipinski definition) is 1. The Bertz CT molecular complexity index is 542. The van der Waals surface area contributed by atoms with Gasteiger partial charge in [-0.1, -0.05) is 26.0 Å². The molecule has 2 nitrogen and oxygen atoms in total. The number of nitrogens with zero attached hydrogens (tertiary/aromatic N) is 2. The van der Waals surface area contributed by atoms with E-state index in [1.165, 1.54) is 16.5 Å². The van der Waals surface area contributed by atoms with Crippen molar-refractivity contribution < 1.29 is 0 Å². The molecule has 2 rings (SSSR count). The van der Waals surface area contributed by atoms with Crippen LogP contribution in [0, 0.1) is 6.92 Å². The summed E-state index contributed by atoms with van der Waals surface area (Å²) in [6.45, 7) is 13.2. The van der Waals surface area contributed by atoms with Crippen molar-refractivity contribution in [1.29, 1.82) is 0 Å². The fourth-order valence-corrected chi connectivity index (χ4v) is 2.21. The zero-order valence-corrected chi connectivity index (χ0v) is 11.7. The first-order valence-electron chi connectivity index (χ1n) is 6.30. The second-order valence-electron chi connectivity index (χ2n) is 6.12. The van der Waals surface area contributed by atoms with Crippen molar-refractivity contribution in [2.75, 3.05) is 0 Å². The molecular formula is C15H22N2. The topological polar surface area (TPSA) is 17.8 Å². The molecule has 17 heavy (non-hydrogen) atoms. The molecule has 1 heterocycles. The molecule has 0 saturated carbocycles. The van der Waals surface area contributed by atoms with Crippen molar-refractivity contribution in [3.63, 3.8) is 0 Å². The van der Waals surface area contributed by atoms with Gasteiger partial charge >= 0.3 is 0 Å². The minimum Gasteiger partial charge on any atom is -0.266 e. The molecule has 1 aromatic carbocycles. The molecule has 0 bridgehead atoms. The van der Waals surface area contributed by atoms with E-state index in [-0.39, 0.29) is 5.54 Å². The Morgan fingerprint density at radius 2 is 1.82 bits per heavy atom. The fraction of sp³-hybridized carbons (Fsp3) is 0.533. The van der Waals surface area contributed by atoms with E-state index in [2.05, 4.69) is 64.6 Å². The molecule has 0 N–H and O–H groups in total. The van der Waals surface area contributed by atoms with Gasteiger partial charge in [-0.2, -0.15) is 5.10 Å². The van der Waals surface area contributed by atoms with Gasteiger partial charge in [-0.05, 0) is 44.7 Å². The summed E-state index contributed by atoms with van der Waals surface area (Å²) >= 11 is 0. The highest BCUT2D eigenvalue weighted by molar-refractivity contribution is 5.82. The first kappa shape index (κ1) is 12.2. The third-order valence-corrected chi connectivity index (χ3v) is 3.28. The highest BCUT2D eigenvalue weighted by Gasteiger charge is 2.16. The molecule has 2 heteroatoms. The van der Waals surface area contributed by atoms with Crippen molar-refractivity contribution in [2.24, 2.45) is 0 Å². The Kier molecular flexibility index (Phi) is 2.76. The van der Waals surface area contributed by atoms with Gasteiger partial charge in [0.05, 0.1) is 11.1 Å². The summed E-state index contributed by atoms with van der Waals surface area (Å²) < 4.78 is 2.06. The van der Waals surface area contributed by atoms with E-state index in [0.717, 1.165) is 5.52 Å². The summed E-state index contributed by atoms with van der Waals surface area (Å²) in [5.74, 6) is 0.555. The predicted octanol–water partition coefficient (Wildman–Crippen LogP) is 4.22. The van der Waals surface area contributed by atoms with Gasteiger partial charge in [0, 0.05) is 11.6 Å². The minimum atomic E-state index is 0.0451. The van der Waals surface area contributed by atoms with Crippen molar-refractivity contribution >= 4 is 10.9 Å². The third-order valence-electron chi connectivity index (χ3n) is 3.28. The van der Waals surface area contributed by atoms with Gasteiger partial charge in [0.15, 0.2) is 0 Å². The van der Waals surface area contributed by atoms with Crippen LogP contribution in [0.2, 0.25) is 0 Å². The van der Waals surface area contributed by atoms with E-state index in [4.69, 9.17) is 5.10 Å².